The Morgan fingerprint density at radius 3 is 2.57 bits per heavy atom. The third-order valence-corrected chi connectivity index (χ3v) is 5.10. The van der Waals surface area contributed by atoms with Crippen molar-refractivity contribution in [3.05, 3.63) is 42.0 Å². The SMILES string of the molecule is CN=C(NCc1cccc(N2CC=CC2)c1)NC1CCN(CC(F)F)CC1.I. The van der Waals surface area contributed by atoms with Gasteiger partial charge >= 0.3 is 0 Å². The molecule has 2 aliphatic heterocycles. The van der Waals surface area contributed by atoms with Gasteiger partial charge < -0.3 is 15.5 Å². The minimum atomic E-state index is -2.25. The van der Waals surface area contributed by atoms with Gasteiger partial charge in [-0.2, -0.15) is 0 Å². The van der Waals surface area contributed by atoms with Gasteiger partial charge in [0.25, 0.3) is 6.43 Å². The molecule has 1 fully saturated rings. The van der Waals surface area contributed by atoms with Crippen molar-refractivity contribution in [1.82, 2.24) is 15.5 Å². The van der Waals surface area contributed by atoms with Crippen LogP contribution < -0.4 is 15.5 Å². The summed E-state index contributed by atoms with van der Waals surface area (Å²) < 4.78 is 25.0. The van der Waals surface area contributed by atoms with Crippen LogP contribution in [0.3, 0.4) is 0 Å². The average molecular weight is 505 g/mol. The third-order valence-electron chi connectivity index (χ3n) is 5.10. The van der Waals surface area contributed by atoms with Crippen LogP contribution in [0.2, 0.25) is 0 Å². The van der Waals surface area contributed by atoms with Gasteiger partial charge in [-0.25, -0.2) is 8.78 Å². The summed E-state index contributed by atoms with van der Waals surface area (Å²) in [5.74, 6) is 0.760. The monoisotopic (exact) mass is 505 g/mol. The van der Waals surface area contributed by atoms with Gasteiger partial charge in [0.2, 0.25) is 0 Å². The summed E-state index contributed by atoms with van der Waals surface area (Å²) in [6.07, 6.45) is 3.82. The molecular formula is C20H30F2IN5. The number of likely N-dealkylation sites (tertiary alicyclic amines) is 1. The molecule has 1 aromatic carbocycles. The van der Waals surface area contributed by atoms with Crippen molar-refractivity contribution in [1.29, 1.82) is 0 Å². The second-order valence-electron chi connectivity index (χ2n) is 7.08. The normalized spacial score (nSPS) is 18.4. The number of alkyl halides is 2. The molecule has 1 aromatic rings. The molecule has 1 saturated heterocycles. The van der Waals surface area contributed by atoms with Gasteiger partial charge in [0.05, 0.1) is 6.54 Å². The van der Waals surface area contributed by atoms with E-state index in [1.807, 2.05) is 4.90 Å². The van der Waals surface area contributed by atoms with E-state index in [9.17, 15) is 8.78 Å². The fraction of sp³-hybridized carbons (Fsp3) is 0.550. The predicted octanol–water partition coefficient (Wildman–Crippen LogP) is 3.08. The second kappa shape index (κ2) is 11.5. The molecule has 0 bridgehead atoms. The van der Waals surface area contributed by atoms with Crippen molar-refractivity contribution >= 4 is 35.6 Å². The highest BCUT2D eigenvalue weighted by Crippen LogP contribution is 2.18. The molecule has 0 amide bonds. The Hall–Kier alpha value is -1.42. The zero-order chi connectivity index (χ0) is 19.1. The molecule has 0 aromatic heterocycles. The lowest BCUT2D eigenvalue weighted by molar-refractivity contribution is 0.0744. The van der Waals surface area contributed by atoms with Crippen LogP contribution in [0.4, 0.5) is 14.5 Å². The van der Waals surface area contributed by atoms with E-state index in [0.717, 1.165) is 31.9 Å². The number of aliphatic imine (C=N–C) groups is 1. The summed E-state index contributed by atoms with van der Waals surface area (Å²) >= 11 is 0. The van der Waals surface area contributed by atoms with Crippen molar-refractivity contribution in [3.8, 4) is 0 Å². The molecule has 0 spiro atoms. The molecule has 0 radical (unpaired) electrons. The number of piperidine rings is 1. The standard InChI is InChI=1S/C20H29F2N5.HI/c1-23-20(25-17-7-11-26(12-8-17)15-19(21)22)24-14-16-5-4-6-18(13-16)27-9-2-3-10-27;/h2-6,13,17,19H,7-12,14-15H2,1H3,(H2,23,24,25);1H. The first-order valence-electron chi connectivity index (χ1n) is 9.60. The zero-order valence-corrected chi connectivity index (χ0v) is 18.6. The average Bonchev–Trinajstić information content (AvgIpc) is 3.21. The molecule has 5 nitrogen and oxygen atoms in total. The number of nitrogens with one attached hydrogen (secondary N) is 2. The molecule has 2 heterocycles. The van der Waals surface area contributed by atoms with Gasteiger partial charge in [-0.15, -0.1) is 24.0 Å². The van der Waals surface area contributed by atoms with Crippen LogP contribution >= 0.6 is 24.0 Å². The zero-order valence-electron chi connectivity index (χ0n) is 16.3. The van der Waals surface area contributed by atoms with Crippen LogP contribution in [0.1, 0.15) is 18.4 Å². The number of hydrogen-bond donors (Lipinski definition) is 2. The van der Waals surface area contributed by atoms with E-state index in [-0.39, 0.29) is 36.6 Å². The maximum atomic E-state index is 12.5. The topological polar surface area (TPSA) is 42.9 Å². The van der Waals surface area contributed by atoms with Gasteiger partial charge in [-0.3, -0.25) is 9.89 Å². The number of hydrogen-bond acceptors (Lipinski definition) is 3. The van der Waals surface area contributed by atoms with Crippen LogP contribution in [-0.2, 0) is 6.54 Å². The van der Waals surface area contributed by atoms with Crippen molar-refractivity contribution < 1.29 is 8.78 Å². The van der Waals surface area contributed by atoms with Gasteiger partial charge in [-0.05, 0) is 30.5 Å². The van der Waals surface area contributed by atoms with Gasteiger partial charge in [0.1, 0.15) is 0 Å². The van der Waals surface area contributed by atoms with E-state index in [1.54, 1.807) is 7.05 Å². The summed E-state index contributed by atoms with van der Waals surface area (Å²) in [5, 5.41) is 6.79. The summed E-state index contributed by atoms with van der Waals surface area (Å²) in [4.78, 5) is 8.46. The number of rotatable bonds is 6. The molecule has 0 atom stereocenters. The first-order chi connectivity index (χ1) is 13.1. The highest BCUT2D eigenvalue weighted by molar-refractivity contribution is 14.0. The fourth-order valence-electron chi connectivity index (χ4n) is 3.58. The highest BCUT2D eigenvalue weighted by Gasteiger charge is 2.21. The first-order valence-corrected chi connectivity index (χ1v) is 9.60. The van der Waals surface area contributed by atoms with Crippen LogP contribution in [0.25, 0.3) is 0 Å². The Kier molecular flexibility index (Phi) is 9.43. The molecule has 156 valence electrons. The van der Waals surface area contributed by atoms with E-state index in [1.165, 1.54) is 11.3 Å². The lowest BCUT2D eigenvalue weighted by Gasteiger charge is -2.32. The molecule has 3 rings (SSSR count). The quantitative estimate of drug-likeness (QED) is 0.270. The van der Waals surface area contributed by atoms with E-state index >= 15 is 0 Å². The lowest BCUT2D eigenvalue weighted by atomic mass is 10.1. The number of guanidine groups is 1. The Labute approximate surface area is 183 Å². The number of benzene rings is 1. The van der Waals surface area contributed by atoms with E-state index < -0.39 is 6.43 Å². The summed E-state index contributed by atoms with van der Waals surface area (Å²) in [6, 6.07) is 8.80. The van der Waals surface area contributed by atoms with Crippen molar-refractivity contribution in [2.45, 2.75) is 31.9 Å². The van der Waals surface area contributed by atoms with Crippen LogP contribution in [0.5, 0.6) is 0 Å². The van der Waals surface area contributed by atoms with Crippen molar-refractivity contribution in [2.24, 2.45) is 4.99 Å². The molecular weight excluding hydrogens is 475 g/mol. The second-order valence-corrected chi connectivity index (χ2v) is 7.08. The van der Waals surface area contributed by atoms with Gasteiger partial charge in [0, 0.05) is 51.5 Å². The number of nitrogens with zero attached hydrogens (tertiary/aromatic N) is 3. The highest BCUT2D eigenvalue weighted by atomic mass is 127. The van der Waals surface area contributed by atoms with Gasteiger partial charge in [0.15, 0.2) is 5.96 Å². The van der Waals surface area contributed by atoms with Gasteiger partial charge in [-0.1, -0.05) is 24.3 Å². The minimum Gasteiger partial charge on any atom is -0.364 e. The molecule has 0 unspecified atom stereocenters. The molecule has 0 saturated carbocycles. The first kappa shape index (κ1) is 22.9. The van der Waals surface area contributed by atoms with Crippen LogP contribution in [-0.4, -0.2) is 63.1 Å². The summed E-state index contributed by atoms with van der Waals surface area (Å²) in [5.41, 5.74) is 2.43. The molecule has 2 aliphatic rings. The Morgan fingerprint density at radius 2 is 1.93 bits per heavy atom. The number of halogens is 3. The van der Waals surface area contributed by atoms with Crippen molar-refractivity contribution in [3.63, 3.8) is 0 Å². The molecule has 8 heteroatoms. The summed E-state index contributed by atoms with van der Waals surface area (Å²) in [6.45, 7) is 3.89. The lowest BCUT2D eigenvalue weighted by Crippen LogP contribution is -2.49. The third kappa shape index (κ3) is 6.88. The van der Waals surface area contributed by atoms with Crippen LogP contribution in [0, 0.1) is 0 Å². The smallest absolute Gasteiger partial charge is 0.251 e. The van der Waals surface area contributed by atoms with E-state index in [4.69, 9.17) is 0 Å². The van der Waals surface area contributed by atoms with Crippen molar-refractivity contribution in [2.75, 3.05) is 44.7 Å². The largest absolute Gasteiger partial charge is 0.364 e. The Bertz CT molecular complexity index is 652. The van der Waals surface area contributed by atoms with E-state index in [2.05, 4.69) is 56.9 Å². The molecule has 2 N–H and O–H groups in total. The summed E-state index contributed by atoms with van der Waals surface area (Å²) in [7, 11) is 1.76. The van der Waals surface area contributed by atoms with Crippen LogP contribution in [0.15, 0.2) is 41.4 Å². The predicted molar refractivity (Wildman–Crippen MR) is 122 cm³/mol. The fourth-order valence-corrected chi connectivity index (χ4v) is 3.58. The number of anilines is 1. The maximum absolute atomic E-state index is 12.5. The maximum Gasteiger partial charge on any atom is 0.251 e. The van der Waals surface area contributed by atoms with E-state index in [0.29, 0.717) is 19.6 Å². The molecule has 28 heavy (non-hydrogen) atoms. The minimum absolute atomic E-state index is 0. The Morgan fingerprint density at radius 1 is 1.21 bits per heavy atom. The Balaban J connectivity index is 0.00000280. The molecule has 0 aliphatic carbocycles.